The number of hydrogen-bond acceptors (Lipinski definition) is 3. The Morgan fingerprint density at radius 1 is 1.15 bits per heavy atom. The maximum absolute atomic E-state index is 13.6. The highest BCUT2D eigenvalue weighted by Crippen LogP contribution is 2.32. The molecule has 5 nitrogen and oxygen atoms in total. The third-order valence-electron chi connectivity index (χ3n) is 4.42. The molecule has 2 aromatic carbocycles. The van der Waals surface area contributed by atoms with Gasteiger partial charge in [-0.1, -0.05) is 12.1 Å². The van der Waals surface area contributed by atoms with E-state index in [-0.39, 0.29) is 12.4 Å². The van der Waals surface area contributed by atoms with Crippen molar-refractivity contribution >= 4 is 16.8 Å². The number of primary amides is 1. The first kappa shape index (κ1) is 16.9. The van der Waals surface area contributed by atoms with Crippen LogP contribution in [0.5, 0.6) is 0 Å². The van der Waals surface area contributed by atoms with Crippen molar-refractivity contribution in [2.24, 2.45) is 5.73 Å². The molecule has 6 heteroatoms. The summed E-state index contributed by atoms with van der Waals surface area (Å²) in [6.45, 7) is 1.78. The Kier molecular flexibility index (Phi) is 4.16. The summed E-state index contributed by atoms with van der Waals surface area (Å²) in [5.41, 5.74) is 10.1. The summed E-state index contributed by atoms with van der Waals surface area (Å²) in [6.07, 6.45) is 3.52. The van der Waals surface area contributed by atoms with Crippen molar-refractivity contribution in [3.8, 4) is 22.4 Å². The Balaban J connectivity index is 1.81. The number of rotatable bonds is 4. The number of hydrogen-bond donors (Lipinski definition) is 1. The molecule has 134 valence electrons. The molecule has 4 aromatic rings. The second-order valence-electron chi connectivity index (χ2n) is 6.43. The minimum absolute atomic E-state index is 0.0387. The summed E-state index contributed by atoms with van der Waals surface area (Å²) in [5.74, 6) is -0.677. The lowest BCUT2D eigenvalue weighted by Gasteiger charge is -2.10. The van der Waals surface area contributed by atoms with Gasteiger partial charge in [-0.25, -0.2) is 4.39 Å². The molecule has 0 radical (unpaired) electrons. The van der Waals surface area contributed by atoms with Crippen molar-refractivity contribution in [3.63, 3.8) is 0 Å². The van der Waals surface area contributed by atoms with Crippen LogP contribution in [-0.4, -0.2) is 20.7 Å². The topological polar surface area (TPSA) is 73.8 Å². The smallest absolute Gasteiger partial charge is 0.239 e. The molecule has 2 N–H and O–H groups in total. The van der Waals surface area contributed by atoms with E-state index in [9.17, 15) is 9.18 Å². The van der Waals surface area contributed by atoms with Crippen molar-refractivity contribution < 1.29 is 9.18 Å². The lowest BCUT2D eigenvalue weighted by molar-refractivity contribution is -0.118. The number of fused-ring (bicyclic) bond motifs is 1. The summed E-state index contributed by atoms with van der Waals surface area (Å²) in [7, 11) is 0. The highest BCUT2D eigenvalue weighted by atomic mass is 19.1. The number of carbonyl (C=O) groups excluding carboxylic acids is 1. The van der Waals surface area contributed by atoms with Crippen molar-refractivity contribution in [3.05, 3.63) is 72.3 Å². The summed E-state index contributed by atoms with van der Waals surface area (Å²) in [5, 5.41) is 5.25. The van der Waals surface area contributed by atoms with Crippen LogP contribution in [0.2, 0.25) is 0 Å². The van der Waals surface area contributed by atoms with Crippen LogP contribution in [0.1, 0.15) is 5.56 Å². The van der Waals surface area contributed by atoms with Gasteiger partial charge in [-0.3, -0.25) is 14.5 Å². The number of amides is 1. The van der Waals surface area contributed by atoms with Crippen LogP contribution in [0, 0.1) is 12.7 Å². The van der Waals surface area contributed by atoms with E-state index in [2.05, 4.69) is 10.1 Å². The van der Waals surface area contributed by atoms with Crippen LogP contribution in [0.4, 0.5) is 4.39 Å². The zero-order valence-corrected chi connectivity index (χ0v) is 14.7. The highest BCUT2D eigenvalue weighted by molar-refractivity contribution is 5.88. The summed E-state index contributed by atoms with van der Waals surface area (Å²) in [6, 6.07) is 14.7. The molecule has 0 unspecified atom stereocenters. The number of benzene rings is 2. The Hall–Kier alpha value is -3.54. The molecular formula is C21H17FN4O. The molecule has 0 aliphatic heterocycles. The molecule has 1 amide bonds. The van der Waals surface area contributed by atoms with Crippen molar-refractivity contribution in [2.45, 2.75) is 13.5 Å². The number of halogens is 1. The van der Waals surface area contributed by atoms with E-state index in [0.29, 0.717) is 5.56 Å². The van der Waals surface area contributed by atoms with Crippen LogP contribution in [0.25, 0.3) is 33.3 Å². The number of nitrogens with two attached hydrogens (primary N) is 1. The summed E-state index contributed by atoms with van der Waals surface area (Å²) >= 11 is 0. The van der Waals surface area contributed by atoms with E-state index in [1.165, 1.54) is 10.7 Å². The fourth-order valence-electron chi connectivity index (χ4n) is 3.15. The van der Waals surface area contributed by atoms with Gasteiger partial charge in [0.25, 0.3) is 0 Å². The second kappa shape index (κ2) is 6.64. The maximum atomic E-state index is 13.6. The number of pyridine rings is 1. The van der Waals surface area contributed by atoms with Gasteiger partial charge in [-0.2, -0.15) is 5.10 Å². The molecule has 0 atom stereocenters. The fourth-order valence-corrected chi connectivity index (χ4v) is 3.15. The number of nitrogens with zero attached hydrogens (tertiary/aromatic N) is 3. The number of aromatic nitrogens is 3. The van der Waals surface area contributed by atoms with E-state index in [1.54, 1.807) is 31.5 Å². The predicted octanol–water partition coefficient (Wildman–Crippen LogP) is 3.70. The predicted molar refractivity (Wildman–Crippen MR) is 102 cm³/mol. The average molecular weight is 360 g/mol. The molecule has 0 fully saturated rings. The first-order valence-corrected chi connectivity index (χ1v) is 8.49. The third kappa shape index (κ3) is 3.29. The van der Waals surface area contributed by atoms with E-state index >= 15 is 0 Å². The Morgan fingerprint density at radius 2 is 1.96 bits per heavy atom. The third-order valence-corrected chi connectivity index (χ3v) is 4.42. The van der Waals surface area contributed by atoms with Gasteiger partial charge in [0.05, 0.1) is 11.2 Å². The molecule has 0 saturated carbocycles. The van der Waals surface area contributed by atoms with Gasteiger partial charge in [-0.05, 0) is 54.4 Å². The quantitative estimate of drug-likeness (QED) is 0.603. The number of aryl methyl sites for hydroxylation is 1. The van der Waals surface area contributed by atoms with Gasteiger partial charge in [0, 0.05) is 28.9 Å². The van der Waals surface area contributed by atoms with Gasteiger partial charge >= 0.3 is 0 Å². The molecule has 4 rings (SSSR count). The van der Waals surface area contributed by atoms with Crippen LogP contribution in [0.3, 0.4) is 0 Å². The largest absolute Gasteiger partial charge is 0.368 e. The van der Waals surface area contributed by atoms with E-state index in [0.717, 1.165) is 33.3 Å². The Bertz CT molecular complexity index is 1170. The van der Waals surface area contributed by atoms with Crippen LogP contribution >= 0.6 is 0 Å². The molecule has 0 aliphatic carbocycles. The second-order valence-corrected chi connectivity index (χ2v) is 6.43. The van der Waals surface area contributed by atoms with Gasteiger partial charge in [-0.15, -0.1) is 0 Å². The zero-order chi connectivity index (χ0) is 19.0. The molecule has 2 aromatic heterocycles. The average Bonchev–Trinajstić information content (AvgIpc) is 3.04. The zero-order valence-electron chi connectivity index (χ0n) is 14.7. The fraction of sp³-hybridized carbons (Fsp3) is 0.0952. The minimum atomic E-state index is -0.441. The van der Waals surface area contributed by atoms with Crippen LogP contribution in [-0.2, 0) is 11.3 Å². The first-order chi connectivity index (χ1) is 13.0. The van der Waals surface area contributed by atoms with E-state index in [4.69, 9.17) is 5.73 Å². The molecule has 2 heterocycles. The Morgan fingerprint density at radius 3 is 2.74 bits per heavy atom. The highest BCUT2D eigenvalue weighted by Gasteiger charge is 2.12. The molecule has 0 aliphatic rings. The van der Waals surface area contributed by atoms with Gasteiger partial charge in [0.15, 0.2) is 0 Å². The summed E-state index contributed by atoms with van der Waals surface area (Å²) in [4.78, 5) is 15.6. The van der Waals surface area contributed by atoms with Crippen molar-refractivity contribution in [1.29, 1.82) is 0 Å². The van der Waals surface area contributed by atoms with E-state index < -0.39 is 5.91 Å². The number of carbonyl (C=O) groups is 1. The molecular weight excluding hydrogens is 343 g/mol. The van der Waals surface area contributed by atoms with Gasteiger partial charge in [0.1, 0.15) is 12.4 Å². The van der Waals surface area contributed by atoms with Crippen LogP contribution < -0.4 is 5.73 Å². The standard InChI is InChI=1S/C21H17FN4O/c1-13-9-15(4-6-18(13)22)21-17(3-2-8-24-21)14-5-7-19-16(10-14)11-26(25-19)12-20(23)27/h2-11H,12H2,1H3,(H2,23,27). The molecule has 0 saturated heterocycles. The van der Waals surface area contributed by atoms with Gasteiger partial charge in [0.2, 0.25) is 5.91 Å². The lowest BCUT2D eigenvalue weighted by atomic mass is 9.97. The summed E-state index contributed by atoms with van der Waals surface area (Å²) < 4.78 is 15.2. The normalized spacial score (nSPS) is 11.0. The SMILES string of the molecule is Cc1cc(-c2ncccc2-c2ccc3nn(CC(N)=O)cc3c2)ccc1F. The van der Waals surface area contributed by atoms with E-state index in [1.807, 2.05) is 30.3 Å². The first-order valence-electron chi connectivity index (χ1n) is 8.49. The van der Waals surface area contributed by atoms with Crippen molar-refractivity contribution in [1.82, 2.24) is 14.8 Å². The molecule has 0 bridgehead atoms. The minimum Gasteiger partial charge on any atom is -0.368 e. The molecule has 27 heavy (non-hydrogen) atoms. The lowest BCUT2D eigenvalue weighted by Crippen LogP contribution is -2.18. The van der Waals surface area contributed by atoms with Crippen LogP contribution in [0.15, 0.2) is 60.9 Å². The maximum Gasteiger partial charge on any atom is 0.239 e. The van der Waals surface area contributed by atoms with Crippen molar-refractivity contribution in [2.75, 3.05) is 0 Å². The monoisotopic (exact) mass is 360 g/mol. The van der Waals surface area contributed by atoms with Gasteiger partial charge < -0.3 is 5.73 Å². The Labute approximate surface area is 155 Å². The molecule has 0 spiro atoms.